The van der Waals surface area contributed by atoms with Gasteiger partial charge >= 0.3 is 0 Å². The average molecular weight is 335 g/mol. The molecule has 0 unspecified atom stereocenters. The van der Waals surface area contributed by atoms with Crippen LogP contribution in [0, 0.1) is 0 Å². The summed E-state index contributed by atoms with van der Waals surface area (Å²) in [5, 5.41) is 0.888. The summed E-state index contributed by atoms with van der Waals surface area (Å²) in [6.07, 6.45) is 7.31. The number of thiazole rings is 1. The lowest BCUT2D eigenvalue weighted by molar-refractivity contribution is 0.0740. The first-order valence-corrected chi connectivity index (χ1v) is 8.87. The molecule has 0 bridgehead atoms. The molecular formula is C19H17N3OS. The molecule has 0 aliphatic carbocycles. The maximum absolute atomic E-state index is 13.0. The van der Waals surface area contributed by atoms with E-state index in [0.717, 1.165) is 35.5 Å². The van der Waals surface area contributed by atoms with Crippen LogP contribution in [0.2, 0.25) is 0 Å². The van der Waals surface area contributed by atoms with Crippen LogP contribution >= 0.6 is 11.3 Å². The fourth-order valence-electron chi connectivity index (χ4n) is 3.17. The van der Waals surface area contributed by atoms with Gasteiger partial charge in [0.1, 0.15) is 9.88 Å². The fourth-order valence-corrected chi connectivity index (χ4v) is 4.05. The standard InChI is InChI=1S/C19H17N3OS/c23-19(17-13-21-18(24-17)15-5-2-1-3-6-15)22-12-4-7-16(22)14-8-10-20-11-9-14/h1-3,5-6,8-11,13,16H,4,7,12H2/t16-/m0/s1. The fraction of sp³-hybridized carbons (Fsp3) is 0.211. The van der Waals surface area contributed by atoms with Crippen molar-refractivity contribution in [1.29, 1.82) is 0 Å². The average Bonchev–Trinajstić information content (AvgIpc) is 3.32. The van der Waals surface area contributed by atoms with E-state index in [-0.39, 0.29) is 11.9 Å². The Morgan fingerprint density at radius 2 is 1.92 bits per heavy atom. The summed E-state index contributed by atoms with van der Waals surface area (Å²) < 4.78 is 0. The van der Waals surface area contributed by atoms with Gasteiger partial charge < -0.3 is 4.90 Å². The molecule has 120 valence electrons. The second-order valence-corrected chi connectivity index (χ2v) is 6.86. The number of hydrogen-bond donors (Lipinski definition) is 0. The van der Waals surface area contributed by atoms with Gasteiger partial charge in [-0.3, -0.25) is 9.78 Å². The van der Waals surface area contributed by atoms with Crippen molar-refractivity contribution in [3.63, 3.8) is 0 Å². The Balaban J connectivity index is 1.58. The Labute approximate surface area is 144 Å². The Morgan fingerprint density at radius 3 is 2.71 bits per heavy atom. The minimum Gasteiger partial charge on any atom is -0.331 e. The third-order valence-electron chi connectivity index (χ3n) is 4.34. The van der Waals surface area contributed by atoms with Crippen LogP contribution in [0.4, 0.5) is 0 Å². The van der Waals surface area contributed by atoms with Gasteiger partial charge in [-0.2, -0.15) is 0 Å². The van der Waals surface area contributed by atoms with Gasteiger partial charge in [0.25, 0.3) is 5.91 Å². The maximum atomic E-state index is 13.0. The molecule has 1 fully saturated rings. The number of carbonyl (C=O) groups is 1. The first-order chi connectivity index (χ1) is 11.8. The van der Waals surface area contributed by atoms with Crippen molar-refractivity contribution in [1.82, 2.24) is 14.9 Å². The van der Waals surface area contributed by atoms with E-state index >= 15 is 0 Å². The molecule has 0 saturated carbocycles. The molecule has 0 radical (unpaired) electrons. The SMILES string of the molecule is O=C(c1cnc(-c2ccccc2)s1)N1CCC[C@H]1c1ccncc1. The first kappa shape index (κ1) is 15.0. The van der Waals surface area contributed by atoms with Crippen molar-refractivity contribution >= 4 is 17.2 Å². The molecule has 4 rings (SSSR count). The van der Waals surface area contributed by atoms with Crippen LogP contribution in [0.25, 0.3) is 10.6 Å². The van der Waals surface area contributed by atoms with Crippen LogP contribution in [-0.4, -0.2) is 27.3 Å². The van der Waals surface area contributed by atoms with Crippen LogP contribution in [0.1, 0.15) is 34.1 Å². The molecule has 5 heteroatoms. The van der Waals surface area contributed by atoms with E-state index in [1.165, 1.54) is 11.3 Å². The molecular weight excluding hydrogens is 318 g/mol. The Morgan fingerprint density at radius 1 is 1.12 bits per heavy atom. The predicted molar refractivity (Wildman–Crippen MR) is 94.8 cm³/mol. The molecule has 1 atom stereocenters. The summed E-state index contributed by atoms with van der Waals surface area (Å²) in [4.78, 5) is 24.1. The number of nitrogens with zero attached hydrogens (tertiary/aromatic N) is 3. The quantitative estimate of drug-likeness (QED) is 0.721. The van der Waals surface area contributed by atoms with Crippen molar-refractivity contribution < 1.29 is 4.79 Å². The van der Waals surface area contributed by atoms with Gasteiger partial charge in [-0.25, -0.2) is 4.98 Å². The van der Waals surface area contributed by atoms with Gasteiger partial charge in [0.15, 0.2) is 0 Å². The van der Waals surface area contributed by atoms with Gasteiger partial charge in [-0.15, -0.1) is 11.3 Å². The number of carbonyl (C=O) groups excluding carboxylic acids is 1. The smallest absolute Gasteiger partial charge is 0.266 e. The lowest BCUT2D eigenvalue weighted by Crippen LogP contribution is -2.29. The second-order valence-electron chi connectivity index (χ2n) is 5.83. The van der Waals surface area contributed by atoms with Crippen LogP contribution in [-0.2, 0) is 0 Å². The highest BCUT2D eigenvalue weighted by Gasteiger charge is 2.31. The van der Waals surface area contributed by atoms with Gasteiger partial charge in [-0.1, -0.05) is 30.3 Å². The normalized spacial score (nSPS) is 17.2. The van der Waals surface area contributed by atoms with Gasteiger partial charge in [0.2, 0.25) is 0 Å². The van der Waals surface area contributed by atoms with Crippen molar-refractivity contribution in [2.45, 2.75) is 18.9 Å². The number of pyridine rings is 1. The van der Waals surface area contributed by atoms with E-state index < -0.39 is 0 Å². The Kier molecular flexibility index (Phi) is 4.09. The summed E-state index contributed by atoms with van der Waals surface area (Å²) in [7, 11) is 0. The highest BCUT2D eigenvalue weighted by molar-refractivity contribution is 7.16. The lowest BCUT2D eigenvalue weighted by atomic mass is 10.1. The zero-order valence-corrected chi connectivity index (χ0v) is 13.9. The Hall–Kier alpha value is -2.53. The van der Waals surface area contributed by atoms with Crippen LogP contribution in [0.3, 0.4) is 0 Å². The van der Waals surface area contributed by atoms with E-state index in [9.17, 15) is 4.79 Å². The van der Waals surface area contributed by atoms with Crippen LogP contribution in [0.15, 0.2) is 61.1 Å². The number of aromatic nitrogens is 2. The van der Waals surface area contributed by atoms with E-state index in [0.29, 0.717) is 4.88 Å². The maximum Gasteiger partial charge on any atom is 0.266 e. The molecule has 1 aromatic carbocycles. The third-order valence-corrected chi connectivity index (χ3v) is 5.38. The molecule has 24 heavy (non-hydrogen) atoms. The molecule has 1 aliphatic heterocycles. The van der Waals surface area contributed by atoms with Crippen molar-refractivity contribution in [2.24, 2.45) is 0 Å². The van der Waals surface area contributed by atoms with Crippen molar-refractivity contribution in [3.05, 3.63) is 71.5 Å². The summed E-state index contributed by atoms with van der Waals surface area (Å²) >= 11 is 1.46. The zero-order valence-electron chi connectivity index (χ0n) is 13.1. The van der Waals surface area contributed by atoms with Crippen molar-refractivity contribution in [2.75, 3.05) is 6.54 Å². The Bertz CT molecular complexity index is 832. The van der Waals surface area contributed by atoms with E-state index in [1.54, 1.807) is 18.6 Å². The van der Waals surface area contributed by atoms with Gasteiger partial charge in [0.05, 0.1) is 12.2 Å². The predicted octanol–water partition coefficient (Wildman–Crippen LogP) is 4.18. The summed E-state index contributed by atoms with van der Waals surface area (Å²) in [6.45, 7) is 0.796. The number of hydrogen-bond acceptors (Lipinski definition) is 4. The first-order valence-electron chi connectivity index (χ1n) is 8.05. The summed E-state index contributed by atoms with van der Waals surface area (Å²) in [5.41, 5.74) is 2.21. The van der Waals surface area contributed by atoms with Crippen LogP contribution < -0.4 is 0 Å². The molecule has 3 aromatic rings. The molecule has 1 saturated heterocycles. The minimum atomic E-state index is 0.0778. The van der Waals surface area contributed by atoms with E-state index in [1.807, 2.05) is 47.4 Å². The number of amides is 1. The molecule has 0 spiro atoms. The monoisotopic (exact) mass is 335 g/mol. The highest BCUT2D eigenvalue weighted by Crippen LogP contribution is 2.34. The number of benzene rings is 1. The molecule has 1 aliphatic rings. The van der Waals surface area contributed by atoms with E-state index in [4.69, 9.17) is 0 Å². The molecule has 1 amide bonds. The minimum absolute atomic E-state index is 0.0778. The second kappa shape index (κ2) is 6.53. The number of rotatable bonds is 3. The van der Waals surface area contributed by atoms with Gasteiger partial charge in [0, 0.05) is 24.5 Å². The highest BCUT2D eigenvalue weighted by atomic mass is 32.1. The summed E-state index contributed by atoms with van der Waals surface area (Å²) in [5.74, 6) is 0.0778. The van der Waals surface area contributed by atoms with Crippen LogP contribution in [0.5, 0.6) is 0 Å². The number of likely N-dealkylation sites (tertiary alicyclic amines) is 1. The van der Waals surface area contributed by atoms with E-state index in [2.05, 4.69) is 9.97 Å². The van der Waals surface area contributed by atoms with Crippen molar-refractivity contribution in [3.8, 4) is 10.6 Å². The zero-order chi connectivity index (χ0) is 16.4. The topological polar surface area (TPSA) is 46.1 Å². The summed E-state index contributed by atoms with van der Waals surface area (Å²) in [6, 6.07) is 14.1. The molecule has 2 aromatic heterocycles. The molecule has 3 heterocycles. The lowest BCUT2D eigenvalue weighted by Gasteiger charge is -2.24. The third kappa shape index (κ3) is 2.83. The molecule has 4 nitrogen and oxygen atoms in total. The van der Waals surface area contributed by atoms with Gasteiger partial charge in [-0.05, 0) is 30.5 Å². The molecule has 0 N–H and O–H groups in total. The largest absolute Gasteiger partial charge is 0.331 e.